The molecule has 1 rings (SSSR count). The van der Waals surface area contributed by atoms with Gasteiger partial charge in [0, 0.05) is 6.54 Å². The molecule has 0 spiro atoms. The highest BCUT2D eigenvalue weighted by Gasteiger charge is 2.04. The Kier molecular flexibility index (Phi) is 4.16. The maximum Gasteiger partial charge on any atom is 0.387 e. The molecule has 90 valence electrons. The number of alkyl halides is 2. The standard InChI is InChI=1S/C8H10F2N2O3S/c9-8(10)15-7-3-1-6(2-4-7)5-12-16(11,13)14/h1-4,8,12H,5H2,(H2,11,13,14). The molecule has 0 fully saturated rings. The predicted octanol–water partition coefficient (Wildman–Crippen LogP) is 0.581. The third-order valence-corrected chi connectivity index (χ3v) is 2.17. The molecule has 0 saturated carbocycles. The molecule has 0 heterocycles. The topological polar surface area (TPSA) is 81.4 Å². The van der Waals surface area contributed by atoms with Crippen LogP contribution < -0.4 is 14.6 Å². The lowest BCUT2D eigenvalue weighted by Gasteiger charge is -2.05. The Morgan fingerprint density at radius 2 is 1.88 bits per heavy atom. The number of benzene rings is 1. The molecule has 0 amide bonds. The molecule has 0 saturated heterocycles. The lowest BCUT2D eigenvalue weighted by molar-refractivity contribution is -0.0498. The fourth-order valence-electron chi connectivity index (χ4n) is 0.973. The van der Waals surface area contributed by atoms with E-state index in [-0.39, 0.29) is 12.3 Å². The number of rotatable bonds is 5. The Bertz CT molecular complexity index is 433. The number of halogens is 2. The van der Waals surface area contributed by atoms with Crippen molar-refractivity contribution in [3.05, 3.63) is 29.8 Å². The van der Waals surface area contributed by atoms with Crippen LogP contribution in [0.3, 0.4) is 0 Å². The minimum absolute atomic E-state index is 0.00616. The highest BCUT2D eigenvalue weighted by Crippen LogP contribution is 2.14. The van der Waals surface area contributed by atoms with E-state index in [0.717, 1.165) is 0 Å². The molecule has 5 nitrogen and oxygen atoms in total. The van der Waals surface area contributed by atoms with Gasteiger partial charge in [0.1, 0.15) is 5.75 Å². The first-order valence-corrected chi connectivity index (χ1v) is 5.72. The van der Waals surface area contributed by atoms with E-state index in [0.29, 0.717) is 5.56 Å². The molecule has 0 aliphatic heterocycles. The van der Waals surface area contributed by atoms with Crippen LogP contribution in [0.2, 0.25) is 0 Å². The summed E-state index contributed by atoms with van der Waals surface area (Å²) in [5.41, 5.74) is 0.579. The van der Waals surface area contributed by atoms with Crippen LogP contribution in [-0.4, -0.2) is 15.0 Å². The second kappa shape index (κ2) is 5.19. The quantitative estimate of drug-likeness (QED) is 0.804. The van der Waals surface area contributed by atoms with Gasteiger partial charge < -0.3 is 4.74 Å². The van der Waals surface area contributed by atoms with Gasteiger partial charge in [0.2, 0.25) is 0 Å². The van der Waals surface area contributed by atoms with Crippen molar-refractivity contribution in [2.45, 2.75) is 13.2 Å². The van der Waals surface area contributed by atoms with Crippen molar-refractivity contribution >= 4 is 10.2 Å². The van der Waals surface area contributed by atoms with Gasteiger partial charge in [-0.2, -0.15) is 21.9 Å². The number of hydrogen-bond donors (Lipinski definition) is 2. The maximum atomic E-state index is 11.8. The van der Waals surface area contributed by atoms with Crippen molar-refractivity contribution in [2.75, 3.05) is 0 Å². The van der Waals surface area contributed by atoms with Crippen molar-refractivity contribution in [3.63, 3.8) is 0 Å². The molecule has 0 atom stereocenters. The van der Waals surface area contributed by atoms with E-state index in [1.807, 2.05) is 0 Å². The molecule has 0 aromatic heterocycles. The lowest BCUT2D eigenvalue weighted by Crippen LogP contribution is -2.30. The number of nitrogens with one attached hydrogen (secondary N) is 1. The Morgan fingerprint density at radius 3 is 2.31 bits per heavy atom. The summed E-state index contributed by atoms with van der Waals surface area (Å²) >= 11 is 0. The molecule has 0 unspecified atom stereocenters. The second-order valence-corrected chi connectivity index (χ2v) is 4.27. The van der Waals surface area contributed by atoms with E-state index < -0.39 is 16.8 Å². The van der Waals surface area contributed by atoms with Gasteiger partial charge in [-0.25, -0.2) is 5.14 Å². The van der Waals surface area contributed by atoms with Gasteiger partial charge in [-0.15, -0.1) is 0 Å². The monoisotopic (exact) mass is 252 g/mol. The number of ether oxygens (including phenoxy) is 1. The van der Waals surface area contributed by atoms with Crippen LogP contribution in [-0.2, 0) is 16.8 Å². The molecule has 3 N–H and O–H groups in total. The van der Waals surface area contributed by atoms with E-state index in [9.17, 15) is 17.2 Å². The summed E-state index contributed by atoms with van der Waals surface area (Å²) in [7, 11) is -3.75. The van der Waals surface area contributed by atoms with E-state index in [4.69, 9.17) is 5.14 Å². The summed E-state index contributed by atoms with van der Waals surface area (Å²) in [6.07, 6.45) is 0. The zero-order chi connectivity index (χ0) is 12.2. The maximum absolute atomic E-state index is 11.8. The van der Waals surface area contributed by atoms with Crippen molar-refractivity contribution in [2.24, 2.45) is 5.14 Å². The van der Waals surface area contributed by atoms with Crippen molar-refractivity contribution in [1.82, 2.24) is 4.72 Å². The van der Waals surface area contributed by atoms with Gasteiger partial charge in [0.05, 0.1) is 0 Å². The van der Waals surface area contributed by atoms with Gasteiger partial charge in [-0.1, -0.05) is 12.1 Å². The van der Waals surface area contributed by atoms with Crippen molar-refractivity contribution in [3.8, 4) is 5.75 Å². The van der Waals surface area contributed by atoms with E-state index in [1.54, 1.807) is 0 Å². The molecule has 0 bridgehead atoms. The van der Waals surface area contributed by atoms with E-state index >= 15 is 0 Å². The van der Waals surface area contributed by atoms with Crippen LogP contribution >= 0.6 is 0 Å². The molecular formula is C8H10F2N2O3S. The molecule has 1 aromatic rings. The van der Waals surface area contributed by atoms with E-state index in [2.05, 4.69) is 9.46 Å². The molecule has 0 aliphatic rings. The zero-order valence-corrected chi connectivity index (χ0v) is 8.88. The second-order valence-electron chi connectivity index (χ2n) is 2.89. The summed E-state index contributed by atoms with van der Waals surface area (Å²) in [5.74, 6) is 0.00866. The summed E-state index contributed by atoms with van der Waals surface area (Å²) in [5, 5.41) is 4.72. The smallest absolute Gasteiger partial charge is 0.387 e. The van der Waals surface area contributed by atoms with Gasteiger partial charge in [0.15, 0.2) is 0 Å². The molecule has 0 radical (unpaired) electrons. The lowest BCUT2D eigenvalue weighted by atomic mass is 10.2. The average Bonchev–Trinajstić information content (AvgIpc) is 2.14. The summed E-state index contributed by atoms with van der Waals surface area (Å²) < 4.78 is 50.9. The molecule has 1 aromatic carbocycles. The number of hydrogen-bond acceptors (Lipinski definition) is 3. The minimum atomic E-state index is -3.75. The van der Waals surface area contributed by atoms with Gasteiger partial charge >= 0.3 is 6.61 Å². The van der Waals surface area contributed by atoms with Crippen LogP contribution in [0, 0.1) is 0 Å². The SMILES string of the molecule is NS(=O)(=O)NCc1ccc(OC(F)F)cc1. The molecule has 0 aliphatic carbocycles. The minimum Gasteiger partial charge on any atom is -0.435 e. The van der Waals surface area contributed by atoms with Crippen molar-refractivity contribution in [1.29, 1.82) is 0 Å². The fourth-order valence-corrected chi connectivity index (χ4v) is 1.34. The highest BCUT2D eigenvalue weighted by molar-refractivity contribution is 7.87. The first-order valence-electron chi connectivity index (χ1n) is 4.18. The van der Waals surface area contributed by atoms with Gasteiger partial charge in [0.25, 0.3) is 10.2 Å². The third kappa shape index (κ3) is 5.01. The predicted molar refractivity (Wildman–Crippen MR) is 53.0 cm³/mol. The summed E-state index contributed by atoms with van der Waals surface area (Å²) in [6.45, 7) is -2.89. The Labute approximate surface area is 91.4 Å². The molecule has 16 heavy (non-hydrogen) atoms. The van der Waals surface area contributed by atoms with Crippen LogP contribution in [0.5, 0.6) is 5.75 Å². The van der Waals surface area contributed by atoms with Gasteiger partial charge in [-0.05, 0) is 17.7 Å². The molecular weight excluding hydrogens is 242 g/mol. The third-order valence-electron chi connectivity index (χ3n) is 1.63. The summed E-state index contributed by atoms with van der Waals surface area (Å²) in [6, 6.07) is 5.53. The van der Waals surface area contributed by atoms with Crippen molar-refractivity contribution < 1.29 is 21.9 Å². The average molecular weight is 252 g/mol. The largest absolute Gasteiger partial charge is 0.435 e. The fraction of sp³-hybridized carbons (Fsp3) is 0.250. The highest BCUT2D eigenvalue weighted by atomic mass is 32.2. The number of nitrogens with two attached hydrogens (primary N) is 1. The zero-order valence-electron chi connectivity index (χ0n) is 8.06. The first kappa shape index (κ1) is 12.8. The summed E-state index contributed by atoms with van der Waals surface area (Å²) in [4.78, 5) is 0. The molecule has 8 heteroatoms. The van der Waals surface area contributed by atoms with Crippen LogP contribution in [0.15, 0.2) is 24.3 Å². The normalized spacial score (nSPS) is 11.8. The van der Waals surface area contributed by atoms with Gasteiger partial charge in [-0.3, -0.25) is 0 Å². The Hall–Kier alpha value is -1.25. The Balaban J connectivity index is 2.58. The first-order chi connectivity index (χ1) is 7.37. The Morgan fingerprint density at radius 1 is 1.31 bits per heavy atom. The van der Waals surface area contributed by atoms with Crippen LogP contribution in [0.1, 0.15) is 5.56 Å². The van der Waals surface area contributed by atoms with E-state index in [1.165, 1.54) is 24.3 Å². The van der Waals surface area contributed by atoms with Crippen LogP contribution in [0.4, 0.5) is 8.78 Å². The van der Waals surface area contributed by atoms with Crippen LogP contribution in [0.25, 0.3) is 0 Å².